The molecule has 1 saturated heterocycles. The van der Waals surface area contributed by atoms with Gasteiger partial charge in [-0.15, -0.1) is 0 Å². The first-order chi connectivity index (χ1) is 12.7. The van der Waals surface area contributed by atoms with Gasteiger partial charge in [0.25, 0.3) is 5.91 Å². The summed E-state index contributed by atoms with van der Waals surface area (Å²) in [6.45, 7) is 5.05. The number of rotatable bonds is 4. The predicted molar refractivity (Wildman–Crippen MR) is 100 cm³/mol. The van der Waals surface area contributed by atoms with Crippen molar-refractivity contribution in [3.8, 4) is 11.1 Å². The van der Waals surface area contributed by atoms with E-state index in [0.717, 1.165) is 56.8 Å². The third-order valence-electron chi connectivity index (χ3n) is 5.69. The molecule has 0 unspecified atom stereocenters. The summed E-state index contributed by atoms with van der Waals surface area (Å²) in [6, 6.07) is 11.4. The molecule has 1 aromatic heterocycles. The summed E-state index contributed by atoms with van der Waals surface area (Å²) < 4.78 is 0. The van der Waals surface area contributed by atoms with Crippen LogP contribution in [-0.4, -0.2) is 58.4 Å². The maximum Gasteiger partial charge on any atom is 0.273 e. The molecule has 26 heavy (non-hydrogen) atoms. The number of aromatic nitrogens is 1. The van der Waals surface area contributed by atoms with E-state index in [-0.39, 0.29) is 5.91 Å². The maximum absolute atomic E-state index is 12.4. The van der Waals surface area contributed by atoms with E-state index in [1.54, 1.807) is 0 Å². The van der Waals surface area contributed by atoms with Crippen LogP contribution >= 0.6 is 0 Å². The van der Waals surface area contributed by atoms with Crippen LogP contribution in [0.4, 0.5) is 0 Å². The summed E-state index contributed by atoms with van der Waals surface area (Å²) in [5, 5.41) is 0. The molecule has 3 aliphatic rings. The van der Waals surface area contributed by atoms with Crippen LogP contribution in [0, 0.1) is 0 Å². The van der Waals surface area contributed by atoms with Crippen molar-refractivity contribution in [3.05, 3.63) is 53.3 Å². The molecule has 2 fully saturated rings. The summed E-state index contributed by atoms with van der Waals surface area (Å²) in [4.78, 5) is 23.7. The van der Waals surface area contributed by atoms with Crippen molar-refractivity contribution >= 4 is 5.91 Å². The first kappa shape index (κ1) is 16.0. The predicted octanol–water partition coefficient (Wildman–Crippen LogP) is 2.57. The molecule has 3 heterocycles. The summed E-state index contributed by atoms with van der Waals surface area (Å²) in [7, 11) is 2.17. The van der Waals surface area contributed by atoms with E-state index >= 15 is 0 Å². The molecule has 1 saturated carbocycles. The van der Waals surface area contributed by atoms with E-state index in [1.165, 1.54) is 11.1 Å². The van der Waals surface area contributed by atoms with Gasteiger partial charge in [0, 0.05) is 49.5 Å². The molecule has 2 aromatic rings. The van der Waals surface area contributed by atoms with Gasteiger partial charge in [0.1, 0.15) is 5.69 Å². The lowest BCUT2D eigenvalue weighted by Crippen LogP contribution is -2.26. The number of benzene rings is 1. The minimum absolute atomic E-state index is 0.111. The van der Waals surface area contributed by atoms with Crippen molar-refractivity contribution in [1.82, 2.24) is 19.7 Å². The molecule has 5 rings (SSSR count). The highest BCUT2D eigenvalue weighted by atomic mass is 16.2. The van der Waals surface area contributed by atoms with Gasteiger partial charge < -0.3 is 4.90 Å². The number of carbonyl (C=O) groups is 1. The zero-order valence-corrected chi connectivity index (χ0v) is 15.2. The molecule has 0 atom stereocenters. The van der Waals surface area contributed by atoms with E-state index in [0.29, 0.717) is 11.7 Å². The van der Waals surface area contributed by atoms with Crippen LogP contribution in [0.15, 0.2) is 36.5 Å². The molecule has 0 N–H and O–H groups in total. The van der Waals surface area contributed by atoms with Crippen molar-refractivity contribution in [1.29, 1.82) is 0 Å². The van der Waals surface area contributed by atoms with Gasteiger partial charge in [0.05, 0.1) is 6.67 Å². The molecule has 0 bridgehead atoms. The Hall–Kier alpha value is -2.24. The van der Waals surface area contributed by atoms with E-state index in [9.17, 15) is 4.79 Å². The Morgan fingerprint density at radius 3 is 2.62 bits per heavy atom. The minimum Gasteiger partial charge on any atom is -0.330 e. The molecule has 2 aliphatic heterocycles. The number of pyridine rings is 1. The Morgan fingerprint density at radius 2 is 1.92 bits per heavy atom. The van der Waals surface area contributed by atoms with Crippen LogP contribution in [0.3, 0.4) is 0 Å². The van der Waals surface area contributed by atoms with Gasteiger partial charge in [-0.2, -0.15) is 0 Å². The highest BCUT2D eigenvalue weighted by molar-refractivity contribution is 5.97. The van der Waals surface area contributed by atoms with Gasteiger partial charge in [0.2, 0.25) is 0 Å². The average Bonchev–Trinajstić information content (AvgIpc) is 3.34. The second-order valence-electron chi connectivity index (χ2n) is 7.87. The molecular weight excluding hydrogens is 324 g/mol. The molecule has 1 aliphatic carbocycles. The number of hydrogen-bond acceptors (Lipinski definition) is 4. The number of carbonyl (C=O) groups excluding carboxylic acids is 1. The number of hydrogen-bond donors (Lipinski definition) is 0. The van der Waals surface area contributed by atoms with Gasteiger partial charge in [-0.1, -0.05) is 24.3 Å². The standard InChI is InChI=1S/C21H24N4O/c1-23-8-9-24(14-23)12-15-2-4-16(5-3-15)17-10-18-13-25(19-6-7-19)21(26)20(18)22-11-17/h2-5,10-11,19H,6-9,12-14H2,1H3. The highest BCUT2D eigenvalue weighted by Gasteiger charge is 2.39. The SMILES string of the molecule is CN1CCN(Cc2ccc(-c3cnc4c(c3)CN(C3CC3)C4=O)cc2)C1. The van der Waals surface area contributed by atoms with Crippen molar-refractivity contribution in [2.24, 2.45) is 0 Å². The first-order valence-electron chi connectivity index (χ1n) is 9.47. The monoisotopic (exact) mass is 348 g/mol. The number of nitrogens with zero attached hydrogens (tertiary/aromatic N) is 4. The number of fused-ring (bicyclic) bond motifs is 1. The molecule has 1 amide bonds. The van der Waals surface area contributed by atoms with Crippen molar-refractivity contribution in [2.45, 2.75) is 32.0 Å². The maximum atomic E-state index is 12.4. The fraction of sp³-hybridized carbons (Fsp3) is 0.429. The van der Waals surface area contributed by atoms with Gasteiger partial charge in [-0.25, -0.2) is 0 Å². The lowest BCUT2D eigenvalue weighted by atomic mass is 10.0. The minimum atomic E-state index is 0.111. The van der Waals surface area contributed by atoms with E-state index in [1.807, 2.05) is 11.1 Å². The van der Waals surface area contributed by atoms with Crippen LogP contribution in [0.1, 0.15) is 34.5 Å². The molecular formula is C21H24N4O. The van der Waals surface area contributed by atoms with Gasteiger partial charge in [0.15, 0.2) is 0 Å². The Labute approximate surface area is 154 Å². The van der Waals surface area contributed by atoms with Crippen LogP contribution in [0.2, 0.25) is 0 Å². The smallest absolute Gasteiger partial charge is 0.273 e. The Bertz CT molecular complexity index is 844. The third-order valence-corrected chi connectivity index (χ3v) is 5.69. The quantitative estimate of drug-likeness (QED) is 0.851. The Kier molecular flexibility index (Phi) is 3.80. The Morgan fingerprint density at radius 1 is 1.12 bits per heavy atom. The average molecular weight is 348 g/mol. The number of amides is 1. The largest absolute Gasteiger partial charge is 0.330 e. The van der Waals surface area contributed by atoms with Gasteiger partial charge in [-0.3, -0.25) is 19.6 Å². The van der Waals surface area contributed by atoms with E-state index < -0.39 is 0 Å². The van der Waals surface area contributed by atoms with Crippen LogP contribution < -0.4 is 0 Å². The summed E-state index contributed by atoms with van der Waals surface area (Å²) in [5.41, 5.74) is 5.33. The summed E-state index contributed by atoms with van der Waals surface area (Å²) in [5.74, 6) is 0.111. The third kappa shape index (κ3) is 2.91. The van der Waals surface area contributed by atoms with Gasteiger partial charge in [-0.05, 0) is 37.1 Å². The topological polar surface area (TPSA) is 39.7 Å². The molecule has 0 spiro atoms. The Balaban J connectivity index is 1.33. The molecule has 5 heteroatoms. The van der Waals surface area contributed by atoms with Crippen LogP contribution in [0.25, 0.3) is 11.1 Å². The number of likely N-dealkylation sites (N-methyl/N-ethyl adjacent to an activating group) is 1. The highest BCUT2D eigenvalue weighted by Crippen LogP contribution is 2.35. The van der Waals surface area contributed by atoms with E-state index in [4.69, 9.17) is 0 Å². The van der Waals surface area contributed by atoms with Gasteiger partial charge >= 0.3 is 0 Å². The van der Waals surface area contributed by atoms with Crippen LogP contribution in [-0.2, 0) is 13.1 Å². The first-order valence-corrected chi connectivity index (χ1v) is 9.47. The van der Waals surface area contributed by atoms with Crippen molar-refractivity contribution < 1.29 is 4.79 Å². The lowest BCUT2D eigenvalue weighted by molar-refractivity contribution is 0.0762. The molecule has 5 nitrogen and oxygen atoms in total. The normalized spacial score (nSPS) is 20.8. The fourth-order valence-corrected chi connectivity index (χ4v) is 4.04. The summed E-state index contributed by atoms with van der Waals surface area (Å²) >= 11 is 0. The molecule has 1 aromatic carbocycles. The van der Waals surface area contributed by atoms with Crippen molar-refractivity contribution in [2.75, 3.05) is 26.8 Å². The zero-order valence-electron chi connectivity index (χ0n) is 15.2. The molecule has 134 valence electrons. The lowest BCUT2D eigenvalue weighted by Gasteiger charge is -2.15. The zero-order chi connectivity index (χ0) is 17.7. The fourth-order valence-electron chi connectivity index (χ4n) is 4.04. The van der Waals surface area contributed by atoms with Crippen LogP contribution in [0.5, 0.6) is 0 Å². The molecule has 0 radical (unpaired) electrons. The second-order valence-corrected chi connectivity index (χ2v) is 7.87. The summed E-state index contributed by atoms with van der Waals surface area (Å²) in [6.07, 6.45) is 4.12. The second kappa shape index (κ2) is 6.18. The van der Waals surface area contributed by atoms with Crippen molar-refractivity contribution in [3.63, 3.8) is 0 Å². The van der Waals surface area contributed by atoms with E-state index in [2.05, 4.69) is 52.2 Å².